The number of aromatic nitrogens is 2. The number of hydrogen-bond donors (Lipinski definition) is 3. The second-order valence-corrected chi connectivity index (χ2v) is 5.05. The van der Waals surface area contributed by atoms with Gasteiger partial charge in [-0.3, -0.25) is 9.89 Å². The van der Waals surface area contributed by atoms with Gasteiger partial charge in [-0.25, -0.2) is 4.79 Å². The molecule has 1 atom stereocenters. The number of aliphatic carboxylic acids is 1. The van der Waals surface area contributed by atoms with Crippen LogP contribution in [-0.4, -0.2) is 27.2 Å². The summed E-state index contributed by atoms with van der Waals surface area (Å²) in [6, 6.07) is 2.39. The fraction of sp³-hybridized carbons (Fsp3) is 0.250. The summed E-state index contributed by atoms with van der Waals surface area (Å²) in [5.41, 5.74) is 1.55. The average Bonchev–Trinajstić information content (AvgIpc) is 2.96. The van der Waals surface area contributed by atoms with E-state index in [1.807, 2.05) is 0 Å². The van der Waals surface area contributed by atoms with Gasteiger partial charge >= 0.3 is 5.97 Å². The number of nitrogens with zero attached hydrogens (tertiary/aromatic N) is 1. The van der Waals surface area contributed by atoms with Gasteiger partial charge in [0.15, 0.2) is 6.04 Å². The highest BCUT2D eigenvalue weighted by molar-refractivity contribution is 7.10. The summed E-state index contributed by atoms with van der Waals surface area (Å²) in [7, 11) is 0. The van der Waals surface area contributed by atoms with E-state index < -0.39 is 17.9 Å². The van der Waals surface area contributed by atoms with Crippen LogP contribution in [0.25, 0.3) is 0 Å². The number of carboxylic acids is 1. The molecule has 0 fully saturated rings. The van der Waals surface area contributed by atoms with E-state index in [0.29, 0.717) is 21.8 Å². The molecule has 100 valence electrons. The van der Waals surface area contributed by atoms with Crippen molar-refractivity contribution in [3.8, 4) is 0 Å². The number of carbonyl (C=O) groups is 2. The van der Waals surface area contributed by atoms with Gasteiger partial charge in [-0.1, -0.05) is 6.07 Å². The van der Waals surface area contributed by atoms with Crippen LogP contribution in [0.15, 0.2) is 17.5 Å². The predicted molar refractivity (Wildman–Crippen MR) is 70.2 cm³/mol. The standard InChI is InChI=1S/C12H13N3O3S/c1-6-9(7(2)15-14-6)11(16)13-10(12(17)18)8-4-3-5-19-8/h3-5,10H,1-2H3,(H,13,16)(H,14,15)(H,17,18). The van der Waals surface area contributed by atoms with Crippen molar-refractivity contribution in [3.63, 3.8) is 0 Å². The molecule has 1 unspecified atom stereocenters. The van der Waals surface area contributed by atoms with E-state index in [1.165, 1.54) is 11.3 Å². The van der Waals surface area contributed by atoms with E-state index >= 15 is 0 Å². The Morgan fingerprint density at radius 1 is 1.47 bits per heavy atom. The molecule has 0 spiro atoms. The smallest absolute Gasteiger partial charge is 0.331 e. The highest BCUT2D eigenvalue weighted by Crippen LogP contribution is 2.20. The van der Waals surface area contributed by atoms with Gasteiger partial charge in [0.25, 0.3) is 5.91 Å². The number of rotatable bonds is 4. The van der Waals surface area contributed by atoms with Crippen LogP contribution >= 0.6 is 11.3 Å². The summed E-state index contributed by atoms with van der Waals surface area (Å²) in [4.78, 5) is 24.0. The highest BCUT2D eigenvalue weighted by atomic mass is 32.1. The van der Waals surface area contributed by atoms with Crippen molar-refractivity contribution >= 4 is 23.2 Å². The SMILES string of the molecule is Cc1n[nH]c(C)c1C(=O)NC(C(=O)O)c1cccs1. The molecular formula is C12H13N3O3S. The maximum absolute atomic E-state index is 12.1. The lowest BCUT2D eigenvalue weighted by Gasteiger charge is -2.13. The minimum atomic E-state index is -1.09. The molecule has 0 aliphatic carbocycles. The zero-order chi connectivity index (χ0) is 14.0. The van der Waals surface area contributed by atoms with Crippen molar-refractivity contribution in [1.29, 1.82) is 0 Å². The first-order valence-corrected chi connectivity index (χ1v) is 6.47. The molecule has 0 radical (unpaired) electrons. The molecule has 2 rings (SSSR count). The molecule has 0 aliphatic rings. The highest BCUT2D eigenvalue weighted by Gasteiger charge is 2.25. The number of thiophene rings is 1. The van der Waals surface area contributed by atoms with Gasteiger partial charge in [-0.05, 0) is 25.3 Å². The quantitative estimate of drug-likeness (QED) is 0.793. The fourth-order valence-corrected chi connectivity index (χ4v) is 2.57. The Bertz CT molecular complexity index is 584. The van der Waals surface area contributed by atoms with E-state index in [0.717, 1.165) is 0 Å². The first-order valence-electron chi connectivity index (χ1n) is 5.59. The molecule has 0 bridgehead atoms. The second-order valence-electron chi connectivity index (χ2n) is 4.07. The Morgan fingerprint density at radius 2 is 2.21 bits per heavy atom. The predicted octanol–water partition coefficient (Wildman–Crippen LogP) is 1.64. The van der Waals surface area contributed by atoms with Crippen molar-refractivity contribution in [3.05, 3.63) is 39.3 Å². The normalized spacial score (nSPS) is 12.1. The van der Waals surface area contributed by atoms with Crippen LogP contribution in [0.2, 0.25) is 0 Å². The van der Waals surface area contributed by atoms with Gasteiger partial charge in [-0.2, -0.15) is 5.10 Å². The summed E-state index contributed by atoms with van der Waals surface area (Å²) < 4.78 is 0. The minimum absolute atomic E-state index is 0.391. The lowest BCUT2D eigenvalue weighted by atomic mass is 10.1. The Labute approximate surface area is 113 Å². The Morgan fingerprint density at radius 3 is 2.68 bits per heavy atom. The summed E-state index contributed by atoms with van der Waals surface area (Å²) in [5, 5.41) is 20.1. The molecule has 2 aromatic heterocycles. The third-order valence-electron chi connectivity index (χ3n) is 2.71. The number of carboxylic acid groups (broad SMARTS) is 1. The molecule has 6 nitrogen and oxygen atoms in total. The van der Waals surface area contributed by atoms with Gasteiger partial charge < -0.3 is 10.4 Å². The van der Waals surface area contributed by atoms with Crippen molar-refractivity contribution in [2.24, 2.45) is 0 Å². The molecule has 19 heavy (non-hydrogen) atoms. The van der Waals surface area contributed by atoms with Gasteiger partial charge in [0, 0.05) is 10.6 Å². The summed E-state index contributed by atoms with van der Waals surface area (Å²) >= 11 is 1.29. The second kappa shape index (κ2) is 5.23. The molecule has 0 saturated heterocycles. The molecule has 7 heteroatoms. The topological polar surface area (TPSA) is 95.1 Å². The molecule has 1 amide bonds. The first-order chi connectivity index (χ1) is 9.00. The number of H-pyrrole nitrogens is 1. The average molecular weight is 279 g/mol. The maximum atomic E-state index is 12.1. The van der Waals surface area contributed by atoms with Crippen LogP contribution in [-0.2, 0) is 4.79 Å². The monoisotopic (exact) mass is 279 g/mol. The number of aromatic amines is 1. The number of nitrogens with one attached hydrogen (secondary N) is 2. The Kier molecular flexibility index (Phi) is 3.66. The maximum Gasteiger partial charge on any atom is 0.331 e. The zero-order valence-corrected chi connectivity index (χ0v) is 11.2. The molecule has 0 aliphatic heterocycles. The first kappa shape index (κ1) is 13.3. The number of hydrogen-bond acceptors (Lipinski definition) is 4. The summed E-state index contributed by atoms with van der Waals surface area (Å²) in [6.07, 6.45) is 0. The van der Waals surface area contributed by atoms with E-state index in [2.05, 4.69) is 15.5 Å². The lowest BCUT2D eigenvalue weighted by Crippen LogP contribution is -2.33. The van der Waals surface area contributed by atoms with E-state index in [-0.39, 0.29) is 0 Å². The van der Waals surface area contributed by atoms with E-state index in [4.69, 9.17) is 0 Å². The summed E-state index contributed by atoms with van der Waals surface area (Å²) in [6.45, 7) is 3.41. The zero-order valence-electron chi connectivity index (χ0n) is 10.4. The molecule has 2 aromatic rings. The third-order valence-corrected chi connectivity index (χ3v) is 3.64. The molecule has 0 saturated carbocycles. The Hall–Kier alpha value is -2.15. The van der Waals surface area contributed by atoms with Gasteiger partial charge in [0.1, 0.15) is 0 Å². The Balaban J connectivity index is 2.24. The number of aryl methyl sites for hydroxylation is 2. The van der Waals surface area contributed by atoms with Gasteiger partial charge in [0.05, 0.1) is 11.3 Å². The summed E-state index contributed by atoms with van der Waals surface area (Å²) in [5.74, 6) is -1.53. The van der Waals surface area contributed by atoms with Crippen LogP contribution in [0.5, 0.6) is 0 Å². The van der Waals surface area contributed by atoms with Crippen LogP contribution in [0.4, 0.5) is 0 Å². The largest absolute Gasteiger partial charge is 0.479 e. The van der Waals surface area contributed by atoms with E-state index in [1.54, 1.807) is 31.4 Å². The van der Waals surface area contributed by atoms with E-state index in [9.17, 15) is 14.7 Å². The third kappa shape index (κ3) is 2.65. The number of carbonyl (C=O) groups excluding carboxylic acids is 1. The van der Waals surface area contributed by atoms with Crippen LogP contribution in [0, 0.1) is 13.8 Å². The molecule has 2 heterocycles. The van der Waals surface area contributed by atoms with Crippen LogP contribution in [0.1, 0.15) is 32.7 Å². The fourth-order valence-electron chi connectivity index (χ4n) is 1.80. The minimum Gasteiger partial charge on any atom is -0.479 e. The van der Waals surface area contributed by atoms with Crippen LogP contribution < -0.4 is 5.32 Å². The van der Waals surface area contributed by atoms with Gasteiger partial charge in [0.2, 0.25) is 0 Å². The number of amides is 1. The van der Waals surface area contributed by atoms with Crippen molar-refractivity contribution in [2.45, 2.75) is 19.9 Å². The molecular weight excluding hydrogens is 266 g/mol. The van der Waals surface area contributed by atoms with Crippen molar-refractivity contribution in [2.75, 3.05) is 0 Å². The van der Waals surface area contributed by atoms with Crippen LogP contribution in [0.3, 0.4) is 0 Å². The molecule has 0 aromatic carbocycles. The molecule has 3 N–H and O–H groups in total. The van der Waals surface area contributed by atoms with Gasteiger partial charge in [-0.15, -0.1) is 11.3 Å². The van der Waals surface area contributed by atoms with Crippen molar-refractivity contribution in [1.82, 2.24) is 15.5 Å². The lowest BCUT2D eigenvalue weighted by molar-refractivity contribution is -0.139. The van der Waals surface area contributed by atoms with Crippen molar-refractivity contribution < 1.29 is 14.7 Å².